The Hall–Kier alpha value is -4.61. The topological polar surface area (TPSA) is 42.2 Å². The number of aromatic nitrogens is 3. The number of anilines is 1. The monoisotopic (exact) mass is 506 g/mol. The number of nitrogens with zero attached hydrogens (tertiary/aromatic N) is 3. The molecule has 4 heterocycles. The predicted octanol–water partition coefficient (Wildman–Crippen LogP) is 8.59. The molecule has 5 heteroatoms. The summed E-state index contributed by atoms with van der Waals surface area (Å²) in [6, 6.07) is 40.6. The molecule has 7 aromatic rings. The Morgan fingerprint density at radius 3 is 2.34 bits per heavy atom. The highest BCUT2D eigenvalue weighted by Gasteiger charge is 2.22. The summed E-state index contributed by atoms with van der Waals surface area (Å²) in [6.07, 6.45) is 2.03. The van der Waals surface area contributed by atoms with Crippen molar-refractivity contribution < 1.29 is 0 Å². The minimum absolute atomic E-state index is 0.222. The Bertz CT molecular complexity index is 1970. The molecule has 8 rings (SSSR count). The second-order valence-electron chi connectivity index (χ2n) is 9.56. The van der Waals surface area contributed by atoms with Gasteiger partial charge in [0, 0.05) is 33.1 Å². The number of para-hydroxylation sites is 1. The van der Waals surface area contributed by atoms with E-state index in [2.05, 4.69) is 107 Å². The molecule has 0 amide bonds. The lowest BCUT2D eigenvalue weighted by Crippen LogP contribution is -2.01. The third-order valence-electron chi connectivity index (χ3n) is 7.26. The van der Waals surface area contributed by atoms with Gasteiger partial charge in [-0.25, -0.2) is 9.97 Å². The maximum atomic E-state index is 5.14. The summed E-state index contributed by atoms with van der Waals surface area (Å²) in [5.74, 6) is 0. The van der Waals surface area contributed by atoms with Crippen molar-refractivity contribution in [2.45, 2.75) is 10.3 Å². The quantitative estimate of drug-likeness (QED) is 0.261. The fraction of sp³-hybridized carbons (Fsp3) is 0.0303. The van der Waals surface area contributed by atoms with Crippen LogP contribution in [0.1, 0.15) is 10.9 Å². The average molecular weight is 507 g/mol. The van der Waals surface area contributed by atoms with Gasteiger partial charge in [0.25, 0.3) is 0 Å². The van der Waals surface area contributed by atoms with Crippen LogP contribution in [0.3, 0.4) is 0 Å². The number of imidazole rings is 1. The maximum Gasteiger partial charge on any atom is 0.165 e. The van der Waals surface area contributed by atoms with Gasteiger partial charge in [0.15, 0.2) is 5.65 Å². The van der Waals surface area contributed by atoms with Gasteiger partial charge in [-0.05, 0) is 47.0 Å². The van der Waals surface area contributed by atoms with Gasteiger partial charge < -0.3 is 5.32 Å². The summed E-state index contributed by atoms with van der Waals surface area (Å²) in [6.45, 7) is 0. The molecule has 1 unspecified atom stereocenters. The molecule has 38 heavy (non-hydrogen) atoms. The molecule has 1 aliphatic rings. The van der Waals surface area contributed by atoms with E-state index in [1.54, 1.807) is 0 Å². The van der Waals surface area contributed by atoms with E-state index in [0.717, 1.165) is 38.8 Å². The molecular formula is C33H22N4S. The molecule has 0 radical (unpaired) electrons. The minimum Gasteiger partial charge on any atom is -0.368 e. The van der Waals surface area contributed by atoms with Crippen molar-refractivity contribution in [1.29, 1.82) is 0 Å². The van der Waals surface area contributed by atoms with Gasteiger partial charge in [-0.1, -0.05) is 96.7 Å². The molecule has 0 spiro atoms. The lowest BCUT2D eigenvalue weighted by atomic mass is 9.98. The summed E-state index contributed by atoms with van der Waals surface area (Å²) in [5, 5.41) is 6.11. The van der Waals surface area contributed by atoms with E-state index in [1.807, 2.05) is 36.2 Å². The molecule has 0 saturated heterocycles. The Morgan fingerprint density at radius 1 is 0.658 bits per heavy atom. The molecule has 0 bridgehead atoms. The fourth-order valence-corrected chi connectivity index (χ4v) is 6.53. The van der Waals surface area contributed by atoms with Gasteiger partial charge in [0.2, 0.25) is 0 Å². The molecule has 3 aromatic heterocycles. The molecule has 180 valence electrons. The largest absolute Gasteiger partial charge is 0.368 e. The molecule has 0 aliphatic carbocycles. The number of fused-ring (bicyclic) bond motifs is 6. The van der Waals surface area contributed by atoms with E-state index < -0.39 is 0 Å². The number of hydrogen-bond acceptors (Lipinski definition) is 4. The Labute approximate surface area is 224 Å². The molecule has 0 fully saturated rings. The zero-order valence-corrected chi connectivity index (χ0v) is 21.2. The summed E-state index contributed by atoms with van der Waals surface area (Å²) >= 11 is 1.87. The molecule has 1 aliphatic heterocycles. The van der Waals surface area contributed by atoms with Crippen LogP contribution in [0.2, 0.25) is 0 Å². The molecule has 1 N–H and O–H groups in total. The normalized spacial score (nSPS) is 14.7. The molecule has 0 saturated carbocycles. The van der Waals surface area contributed by atoms with Crippen molar-refractivity contribution in [3.8, 4) is 22.4 Å². The standard InChI is InChI=1S/C33H22N4S/c1-2-11-26-25(10-1)30(36-32-31(26)35-29-14-5-6-19-37(29)32)22-17-15-21(16-18-22)23-8-7-9-24(20-23)33-34-27-12-3-4-13-28(27)38-33/h1-20,33-34H. The van der Waals surface area contributed by atoms with E-state index in [-0.39, 0.29) is 5.37 Å². The van der Waals surface area contributed by atoms with Crippen LogP contribution >= 0.6 is 11.8 Å². The maximum absolute atomic E-state index is 5.14. The van der Waals surface area contributed by atoms with Gasteiger partial charge in [-0.15, -0.1) is 0 Å². The van der Waals surface area contributed by atoms with Crippen molar-refractivity contribution in [2.75, 3.05) is 5.32 Å². The lowest BCUT2D eigenvalue weighted by molar-refractivity contribution is 1.13. The number of rotatable bonds is 3. The van der Waals surface area contributed by atoms with Crippen LogP contribution in [0.15, 0.2) is 126 Å². The van der Waals surface area contributed by atoms with Crippen LogP contribution in [-0.4, -0.2) is 14.4 Å². The highest BCUT2D eigenvalue weighted by atomic mass is 32.2. The van der Waals surface area contributed by atoms with Crippen LogP contribution in [-0.2, 0) is 0 Å². The SMILES string of the molecule is c1cc(-c2ccc(-c3nc4c(nc5ccccn54)c4ccccc34)cc2)cc(C2Nc3ccccc3S2)c1. The predicted molar refractivity (Wildman–Crippen MR) is 158 cm³/mol. The second kappa shape index (κ2) is 8.47. The van der Waals surface area contributed by atoms with Crippen molar-refractivity contribution >= 4 is 45.0 Å². The average Bonchev–Trinajstić information content (AvgIpc) is 3.59. The molecule has 4 nitrogen and oxygen atoms in total. The summed E-state index contributed by atoms with van der Waals surface area (Å²) in [4.78, 5) is 11.3. The molecule has 4 aromatic carbocycles. The summed E-state index contributed by atoms with van der Waals surface area (Å²) in [7, 11) is 0. The van der Waals surface area contributed by atoms with Gasteiger partial charge in [0.05, 0.1) is 5.69 Å². The number of nitrogens with one attached hydrogen (secondary N) is 1. The Kier molecular flexibility index (Phi) is 4.79. The van der Waals surface area contributed by atoms with Crippen LogP contribution < -0.4 is 5.32 Å². The van der Waals surface area contributed by atoms with E-state index in [0.29, 0.717) is 0 Å². The lowest BCUT2D eigenvalue weighted by Gasteiger charge is -2.13. The number of hydrogen-bond donors (Lipinski definition) is 1. The first kappa shape index (κ1) is 21.5. The van der Waals surface area contributed by atoms with Crippen LogP contribution in [0.4, 0.5) is 5.69 Å². The zero-order chi connectivity index (χ0) is 25.1. The van der Waals surface area contributed by atoms with Crippen LogP contribution in [0.25, 0.3) is 50.0 Å². The van der Waals surface area contributed by atoms with Crippen molar-refractivity contribution in [3.05, 3.63) is 127 Å². The minimum atomic E-state index is 0.222. The third-order valence-corrected chi connectivity index (χ3v) is 8.49. The first-order valence-corrected chi connectivity index (χ1v) is 13.6. The van der Waals surface area contributed by atoms with Crippen molar-refractivity contribution in [1.82, 2.24) is 14.4 Å². The highest BCUT2D eigenvalue weighted by molar-refractivity contribution is 8.00. The number of pyridine rings is 2. The molecular weight excluding hydrogens is 484 g/mol. The van der Waals surface area contributed by atoms with Crippen molar-refractivity contribution in [3.63, 3.8) is 0 Å². The Balaban J connectivity index is 1.19. The zero-order valence-electron chi connectivity index (χ0n) is 20.4. The van der Waals surface area contributed by atoms with E-state index in [1.165, 1.54) is 27.3 Å². The smallest absolute Gasteiger partial charge is 0.165 e. The third kappa shape index (κ3) is 3.40. The number of benzene rings is 4. The van der Waals surface area contributed by atoms with Gasteiger partial charge in [0.1, 0.15) is 16.5 Å². The van der Waals surface area contributed by atoms with E-state index in [4.69, 9.17) is 9.97 Å². The number of thioether (sulfide) groups is 1. The second-order valence-corrected chi connectivity index (χ2v) is 10.7. The van der Waals surface area contributed by atoms with Crippen molar-refractivity contribution in [2.24, 2.45) is 0 Å². The van der Waals surface area contributed by atoms with Gasteiger partial charge in [-0.3, -0.25) is 4.40 Å². The fourth-order valence-electron chi connectivity index (χ4n) is 5.39. The first-order valence-electron chi connectivity index (χ1n) is 12.7. The van der Waals surface area contributed by atoms with Gasteiger partial charge in [-0.2, -0.15) is 0 Å². The Morgan fingerprint density at radius 2 is 1.45 bits per heavy atom. The van der Waals surface area contributed by atoms with Gasteiger partial charge >= 0.3 is 0 Å². The van der Waals surface area contributed by atoms with Crippen LogP contribution in [0, 0.1) is 0 Å². The van der Waals surface area contributed by atoms with Crippen LogP contribution in [0.5, 0.6) is 0 Å². The highest BCUT2D eigenvalue weighted by Crippen LogP contribution is 2.46. The van der Waals surface area contributed by atoms with E-state index in [9.17, 15) is 0 Å². The summed E-state index contributed by atoms with van der Waals surface area (Å²) < 4.78 is 2.07. The summed E-state index contributed by atoms with van der Waals surface area (Å²) in [5.41, 5.74) is 9.68. The van der Waals surface area contributed by atoms with E-state index >= 15 is 0 Å². The molecule has 1 atom stereocenters. The first-order chi connectivity index (χ1) is 18.8.